The molecule has 3 heterocycles. The molecule has 1 aliphatic heterocycles. The number of carboxylic acid groups (broad SMARTS) is 1. The molecule has 2 aliphatic rings. The van der Waals surface area contributed by atoms with E-state index in [9.17, 15) is 9.90 Å². The van der Waals surface area contributed by atoms with Crippen LogP contribution in [0.4, 0.5) is 5.13 Å². The molecule has 0 radical (unpaired) electrons. The van der Waals surface area contributed by atoms with E-state index in [0.717, 1.165) is 88.9 Å². The fourth-order valence-electron chi connectivity index (χ4n) is 5.28. The molecule has 0 bridgehead atoms. The van der Waals surface area contributed by atoms with Crippen molar-refractivity contribution in [2.45, 2.75) is 58.2 Å². The maximum Gasteiger partial charge on any atom is 0.335 e. The molecule has 0 amide bonds. The van der Waals surface area contributed by atoms with Crippen LogP contribution in [0.25, 0.3) is 22.5 Å². The van der Waals surface area contributed by atoms with E-state index in [1.165, 1.54) is 0 Å². The maximum atomic E-state index is 11.3. The fourth-order valence-corrected chi connectivity index (χ4v) is 6.48. The van der Waals surface area contributed by atoms with Gasteiger partial charge in [-0.25, -0.2) is 9.78 Å². The summed E-state index contributed by atoms with van der Waals surface area (Å²) in [5, 5.41) is 17.4. The lowest BCUT2D eigenvalue weighted by molar-refractivity contribution is 0.0246. The largest absolute Gasteiger partial charge is 0.478 e. The van der Waals surface area contributed by atoms with E-state index in [2.05, 4.69) is 10.1 Å². The topological polar surface area (TPSA) is 88.7 Å². The average Bonchev–Trinajstić information content (AvgIpc) is 3.49. The molecule has 1 aliphatic carbocycles. The number of ether oxygens (including phenoxy) is 1. The Morgan fingerprint density at radius 1 is 1.15 bits per heavy atom. The van der Waals surface area contributed by atoms with E-state index in [1.54, 1.807) is 17.4 Å². The number of thiazole rings is 1. The van der Waals surface area contributed by atoms with Crippen LogP contribution in [0.3, 0.4) is 0 Å². The number of hydrogen-bond acceptors (Lipinski definition) is 7. The van der Waals surface area contributed by atoms with Crippen molar-refractivity contribution in [1.82, 2.24) is 10.1 Å². The van der Waals surface area contributed by atoms with Crippen LogP contribution in [0.5, 0.6) is 0 Å². The molecule has 0 unspecified atom stereocenters. The normalized spacial score (nSPS) is 16.1. The van der Waals surface area contributed by atoms with Crippen LogP contribution in [-0.2, 0) is 11.3 Å². The van der Waals surface area contributed by atoms with Gasteiger partial charge in [-0.15, -0.1) is 11.3 Å². The molecule has 1 N–H and O–H groups in total. The Hall–Kier alpha value is -3.20. The zero-order chi connectivity index (χ0) is 27.1. The van der Waals surface area contributed by atoms with Crippen molar-refractivity contribution >= 4 is 34.0 Å². The molecule has 202 valence electrons. The first-order valence-electron chi connectivity index (χ1n) is 13.3. The van der Waals surface area contributed by atoms with Gasteiger partial charge >= 0.3 is 5.97 Å². The van der Waals surface area contributed by atoms with Crippen LogP contribution in [-0.4, -0.2) is 40.4 Å². The van der Waals surface area contributed by atoms with E-state index in [4.69, 9.17) is 25.8 Å². The SMILES string of the molecule is Cc1cc(-c2csc(N3CCC(OCc4c(-c5c(C)cccc5Cl)noc4C4CC4)CC3)n2)ccc1C(=O)O. The van der Waals surface area contributed by atoms with Crippen LogP contribution < -0.4 is 4.90 Å². The summed E-state index contributed by atoms with van der Waals surface area (Å²) in [7, 11) is 0. The molecule has 0 spiro atoms. The van der Waals surface area contributed by atoms with E-state index in [-0.39, 0.29) is 6.10 Å². The summed E-state index contributed by atoms with van der Waals surface area (Å²) in [4.78, 5) is 18.5. The number of nitrogens with zero attached hydrogens (tertiary/aromatic N) is 3. The van der Waals surface area contributed by atoms with Crippen molar-refractivity contribution in [1.29, 1.82) is 0 Å². The summed E-state index contributed by atoms with van der Waals surface area (Å²) in [5.41, 5.74) is 6.70. The quantitative estimate of drug-likeness (QED) is 0.237. The number of piperidine rings is 1. The van der Waals surface area contributed by atoms with Gasteiger partial charge in [-0.2, -0.15) is 0 Å². The Labute approximate surface area is 236 Å². The molecule has 39 heavy (non-hydrogen) atoms. The number of carbonyl (C=O) groups is 1. The second-order valence-corrected chi connectivity index (χ2v) is 11.7. The van der Waals surface area contributed by atoms with Crippen molar-refractivity contribution in [3.8, 4) is 22.5 Å². The van der Waals surface area contributed by atoms with Gasteiger partial charge in [0.2, 0.25) is 0 Å². The minimum atomic E-state index is -0.911. The first kappa shape index (κ1) is 26.0. The number of aromatic nitrogens is 2. The molecule has 2 aromatic heterocycles. The number of halogens is 1. The highest BCUT2D eigenvalue weighted by atomic mass is 35.5. The smallest absolute Gasteiger partial charge is 0.335 e. The number of benzene rings is 2. The highest BCUT2D eigenvalue weighted by Gasteiger charge is 2.34. The van der Waals surface area contributed by atoms with Crippen molar-refractivity contribution in [2.24, 2.45) is 0 Å². The lowest BCUT2D eigenvalue weighted by Gasteiger charge is -2.31. The third-order valence-corrected chi connectivity index (χ3v) is 8.86. The van der Waals surface area contributed by atoms with E-state index < -0.39 is 5.97 Å². The van der Waals surface area contributed by atoms with Crippen molar-refractivity contribution in [2.75, 3.05) is 18.0 Å². The van der Waals surface area contributed by atoms with Gasteiger partial charge in [-0.05, 0) is 68.9 Å². The first-order valence-corrected chi connectivity index (χ1v) is 14.5. The highest BCUT2D eigenvalue weighted by Crippen LogP contribution is 2.45. The van der Waals surface area contributed by atoms with Gasteiger partial charge in [0.25, 0.3) is 0 Å². The van der Waals surface area contributed by atoms with Crippen LogP contribution in [0.2, 0.25) is 5.02 Å². The maximum absolute atomic E-state index is 11.3. The molecule has 1 saturated heterocycles. The first-order chi connectivity index (χ1) is 18.9. The van der Waals surface area contributed by atoms with Gasteiger partial charge < -0.3 is 19.3 Å². The number of anilines is 1. The van der Waals surface area contributed by atoms with Crippen molar-refractivity contribution in [3.63, 3.8) is 0 Å². The van der Waals surface area contributed by atoms with E-state index in [0.29, 0.717) is 23.1 Å². The summed E-state index contributed by atoms with van der Waals surface area (Å²) in [5.74, 6) is 0.465. The summed E-state index contributed by atoms with van der Waals surface area (Å²) in [6, 6.07) is 11.3. The Morgan fingerprint density at radius 3 is 2.64 bits per heavy atom. The van der Waals surface area contributed by atoms with Crippen molar-refractivity contribution < 1.29 is 19.2 Å². The summed E-state index contributed by atoms with van der Waals surface area (Å²) < 4.78 is 12.3. The third-order valence-electron chi connectivity index (χ3n) is 7.65. The third kappa shape index (κ3) is 5.33. The average molecular weight is 564 g/mol. The van der Waals surface area contributed by atoms with E-state index in [1.807, 2.05) is 49.6 Å². The Morgan fingerprint density at radius 2 is 1.95 bits per heavy atom. The molecular weight excluding hydrogens is 534 g/mol. The van der Waals surface area contributed by atoms with Crippen LogP contribution >= 0.6 is 22.9 Å². The van der Waals surface area contributed by atoms with Gasteiger partial charge in [0.15, 0.2) is 5.13 Å². The van der Waals surface area contributed by atoms with Crippen LogP contribution in [0, 0.1) is 13.8 Å². The minimum absolute atomic E-state index is 0.147. The van der Waals surface area contributed by atoms with Crippen LogP contribution in [0.1, 0.15) is 64.4 Å². The monoisotopic (exact) mass is 563 g/mol. The lowest BCUT2D eigenvalue weighted by atomic mass is 10.0. The summed E-state index contributed by atoms with van der Waals surface area (Å²) in [6.45, 7) is 6.06. The summed E-state index contributed by atoms with van der Waals surface area (Å²) >= 11 is 8.19. The molecule has 7 nitrogen and oxygen atoms in total. The lowest BCUT2D eigenvalue weighted by Crippen LogP contribution is -2.37. The van der Waals surface area contributed by atoms with Gasteiger partial charge in [0.05, 0.1) is 29.0 Å². The highest BCUT2D eigenvalue weighted by molar-refractivity contribution is 7.14. The minimum Gasteiger partial charge on any atom is -0.478 e. The predicted octanol–water partition coefficient (Wildman–Crippen LogP) is 7.50. The molecule has 1 saturated carbocycles. The zero-order valence-electron chi connectivity index (χ0n) is 21.9. The molecule has 2 aromatic carbocycles. The number of aryl methyl sites for hydroxylation is 2. The van der Waals surface area contributed by atoms with Gasteiger partial charge in [0, 0.05) is 41.1 Å². The number of aromatic carboxylic acids is 1. The van der Waals surface area contributed by atoms with Crippen LogP contribution in [0.15, 0.2) is 46.3 Å². The zero-order valence-corrected chi connectivity index (χ0v) is 23.5. The molecular formula is C30H30ClN3O4S. The molecule has 0 atom stereocenters. The Bertz CT molecular complexity index is 1500. The van der Waals surface area contributed by atoms with E-state index >= 15 is 0 Å². The number of carboxylic acids is 1. The second-order valence-electron chi connectivity index (χ2n) is 10.4. The van der Waals surface area contributed by atoms with Crippen molar-refractivity contribution in [3.05, 3.63) is 74.8 Å². The van der Waals surface area contributed by atoms with Gasteiger partial charge in [-0.3, -0.25) is 0 Å². The number of rotatable bonds is 8. The second kappa shape index (κ2) is 10.8. The standard InChI is InChI=1S/C30H30ClN3O4S/c1-17-4-3-5-24(31)26(17)27-23(28(38-33-27)19-6-7-19)15-37-21-10-12-34(13-11-21)30-32-25(16-39-30)20-8-9-22(29(35)36)18(2)14-20/h3-5,8-9,14,16,19,21H,6-7,10-13,15H2,1-2H3,(H,35,36). The predicted molar refractivity (Wildman–Crippen MR) is 153 cm³/mol. The molecule has 6 rings (SSSR count). The Kier molecular flexibility index (Phi) is 7.18. The number of hydrogen-bond donors (Lipinski definition) is 1. The molecule has 2 fully saturated rings. The fraction of sp³-hybridized carbons (Fsp3) is 0.367. The molecule has 9 heteroatoms. The van der Waals surface area contributed by atoms with Gasteiger partial charge in [0.1, 0.15) is 11.5 Å². The summed E-state index contributed by atoms with van der Waals surface area (Å²) in [6.07, 6.45) is 4.22. The Balaban J connectivity index is 1.11. The molecule has 4 aromatic rings. The van der Waals surface area contributed by atoms with Gasteiger partial charge in [-0.1, -0.05) is 35.0 Å².